The largest absolute Gasteiger partial charge is 0.342 e. The Labute approximate surface area is 142 Å². The Bertz CT molecular complexity index is 991. The Morgan fingerprint density at radius 2 is 1.88 bits per heavy atom. The van der Waals surface area contributed by atoms with Crippen molar-refractivity contribution in [3.63, 3.8) is 0 Å². The summed E-state index contributed by atoms with van der Waals surface area (Å²) >= 11 is 0. The van der Waals surface area contributed by atoms with E-state index in [0.717, 1.165) is 33.5 Å². The summed E-state index contributed by atoms with van der Waals surface area (Å²) in [5.74, 6) is 0.873. The maximum absolute atomic E-state index is 12.4. The maximum atomic E-state index is 12.4. The van der Waals surface area contributed by atoms with Crippen LogP contribution in [0.5, 0.6) is 0 Å². The lowest BCUT2D eigenvalue weighted by atomic mass is 10.1. The molecule has 0 spiro atoms. The SMILES string of the molecule is Cc1ccc(S(=O)(=O)NCCc2ccc3nc(C)[nH]c3c2)c(C)c1. The highest BCUT2D eigenvalue weighted by Gasteiger charge is 2.16. The van der Waals surface area contributed by atoms with E-state index in [-0.39, 0.29) is 0 Å². The Hall–Kier alpha value is -2.18. The summed E-state index contributed by atoms with van der Waals surface area (Å²) in [5.41, 5.74) is 4.77. The van der Waals surface area contributed by atoms with Gasteiger partial charge in [0.15, 0.2) is 0 Å². The van der Waals surface area contributed by atoms with Gasteiger partial charge in [-0.2, -0.15) is 0 Å². The van der Waals surface area contributed by atoms with Gasteiger partial charge in [0.25, 0.3) is 0 Å². The van der Waals surface area contributed by atoms with Gasteiger partial charge in [0.05, 0.1) is 15.9 Å². The Morgan fingerprint density at radius 3 is 2.62 bits per heavy atom. The summed E-state index contributed by atoms with van der Waals surface area (Å²) < 4.78 is 27.6. The van der Waals surface area contributed by atoms with E-state index in [1.807, 2.05) is 51.1 Å². The molecule has 5 nitrogen and oxygen atoms in total. The van der Waals surface area contributed by atoms with Gasteiger partial charge in [-0.1, -0.05) is 23.8 Å². The Balaban J connectivity index is 1.70. The lowest BCUT2D eigenvalue weighted by molar-refractivity contribution is 0.581. The van der Waals surface area contributed by atoms with Gasteiger partial charge in [-0.05, 0) is 56.5 Å². The van der Waals surface area contributed by atoms with E-state index in [9.17, 15) is 8.42 Å². The third-order valence-electron chi connectivity index (χ3n) is 3.99. The highest BCUT2D eigenvalue weighted by Crippen LogP contribution is 2.17. The first-order valence-corrected chi connectivity index (χ1v) is 9.36. The Morgan fingerprint density at radius 1 is 1.08 bits per heavy atom. The molecule has 6 heteroatoms. The van der Waals surface area contributed by atoms with Gasteiger partial charge < -0.3 is 4.98 Å². The maximum Gasteiger partial charge on any atom is 0.240 e. The molecule has 0 radical (unpaired) electrons. The molecule has 2 aromatic carbocycles. The van der Waals surface area contributed by atoms with Crippen molar-refractivity contribution in [1.29, 1.82) is 0 Å². The highest BCUT2D eigenvalue weighted by atomic mass is 32.2. The smallest absolute Gasteiger partial charge is 0.240 e. The van der Waals surface area contributed by atoms with Crippen LogP contribution in [0.4, 0.5) is 0 Å². The molecule has 0 bridgehead atoms. The average Bonchev–Trinajstić information content (AvgIpc) is 2.86. The summed E-state index contributed by atoms with van der Waals surface area (Å²) in [6, 6.07) is 11.3. The Kier molecular flexibility index (Phi) is 4.43. The van der Waals surface area contributed by atoms with E-state index in [4.69, 9.17) is 0 Å². The van der Waals surface area contributed by atoms with Crippen LogP contribution in [0.25, 0.3) is 11.0 Å². The number of hydrogen-bond donors (Lipinski definition) is 2. The molecular formula is C18H21N3O2S. The first-order valence-electron chi connectivity index (χ1n) is 7.87. The van der Waals surface area contributed by atoms with Crippen molar-refractivity contribution in [3.8, 4) is 0 Å². The molecule has 0 aliphatic rings. The molecular weight excluding hydrogens is 322 g/mol. The molecule has 2 N–H and O–H groups in total. The molecule has 0 amide bonds. The summed E-state index contributed by atoms with van der Waals surface area (Å²) in [4.78, 5) is 7.90. The topological polar surface area (TPSA) is 74.8 Å². The van der Waals surface area contributed by atoms with Crippen LogP contribution in [0.15, 0.2) is 41.3 Å². The normalized spacial score (nSPS) is 12.0. The van der Waals surface area contributed by atoms with Crippen molar-refractivity contribution < 1.29 is 8.42 Å². The van der Waals surface area contributed by atoms with Gasteiger partial charge in [0.1, 0.15) is 5.82 Å². The zero-order chi connectivity index (χ0) is 17.3. The van der Waals surface area contributed by atoms with Crippen LogP contribution in [0.2, 0.25) is 0 Å². The zero-order valence-corrected chi connectivity index (χ0v) is 14.9. The van der Waals surface area contributed by atoms with Crippen molar-refractivity contribution >= 4 is 21.1 Å². The monoisotopic (exact) mass is 343 g/mol. The van der Waals surface area contributed by atoms with Gasteiger partial charge >= 0.3 is 0 Å². The second-order valence-electron chi connectivity index (χ2n) is 6.09. The van der Waals surface area contributed by atoms with Crippen LogP contribution in [-0.4, -0.2) is 24.9 Å². The lowest BCUT2D eigenvalue weighted by Gasteiger charge is -2.10. The molecule has 0 aliphatic heterocycles. The molecule has 0 saturated heterocycles. The van der Waals surface area contributed by atoms with Crippen molar-refractivity contribution in [2.45, 2.75) is 32.1 Å². The van der Waals surface area contributed by atoms with Gasteiger partial charge in [-0.25, -0.2) is 18.1 Å². The molecule has 126 valence electrons. The number of benzene rings is 2. The van der Waals surface area contributed by atoms with E-state index >= 15 is 0 Å². The molecule has 0 unspecified atom stereocenters. The van der Waals surface area contributed by atoms with Crippen molar-refractivity contribution in [3.05, 3.63) is 58.9 Å². The van der Waals surface area contributed by atoms with Gasteiger partial charge in [-0.15, -0.1) is 0 Å². The first-order chi connectivity index (χ1) is 11.3. The number of sulfonamides is 1. The number of hydrogen-bond acceptors (Lipinski definition) is 3. The summed E-state index contributed by atoms with van der Waals surface area (Å²) in [6.07, 6.45) is 0.623. The summed E-state index contributed by atoms with van der Waals surface area (Å²) in [5, 5.41) is 0. The minimum absolute atomic E-state index is 0.341. The van der Waals surface area contributed by atoms with Crippen LogP contribution in [0.1, 0.15) is 22.5 Å². The molecule has 24 heavy (non-hydrogen) atoms. The second kappa shape index (κ2) is 6.37. The van der Waals surface area contributed by atoms with Crippen LogP contribution < -0.4 is 4.72 Å². The van der Waals surface area contributed by atoms with Crippen molar-refractivity contribution in [1.82, 2.24) is 14.7 Å². The number of nitrogens with zero attached hydrogens (tertiary/aromatic N) is 1. The summed E-state index contributed by atoms with van der Waals surface area (Å²) in [6.45, 7) is 6.03. The molecule has 1 aromatic heterocycles. The molecule has 1 heterocycles. The van der Waals surface area contributed by atoms with E-state index in [1.165, 1.54) is 0 Å². The number of aryl methyl sites for hydroxylation is 3. The van der Waals surface area contributed by atoms with Crippen molar-refractivity contribution in [2.24, 2.45) is 0 Å². The summed E-state index contributed by atoms with van der Waals surface area (Å²) in [7, 11) is -3.49. The number of aromatic amines is 1. The number of aromatic nitrogens is 2. The molecule has 0 atom stereocenters. The lowest BCUT2D eigenvalue weighted by Crippen LogP contribution is -2.26. The van der Waals surface area contributed by atoms with Crippen LogP contribution in [-0.2, 0) is 16.4 Å². The second-order valence-corrected chi connectivity index (χ2v) is 7.83. The first kappa shape index (κ1) is 16.7. The number of H-pyrrole nitrogens is 1. The highest BCUT2D eigenvalue weighted by molar-refractivity contribution is 7.89. The van der Waals surface area contributed by atoms with Gasteiger partial charge in [0.2, 0.25) is 10.0 Å². The predicted molar refractivity (Wildman–Crippen MR) is 95.6 cm³/mol. The number of imidazole rings is 1. The van der Waals surface area contributed by atoms with E-state index in [2.05, 4.69) is 14.7 Å². The molecule has 0 fully saturated rings. The number of rotatable bonds is 5. The van der Waals surface area contributed by atoms with Gasteiger partial charge in [-0.3, -0.25) is 0 Å². The van der Waals surface area contributed by atoms with E-state index < -0.39 is 10.0 Å². The van der Waals surface area contributed by atoms with Crippen LogP contribution >= 0.6 is 0 Å². The van der Waals surface area contributed by atoms with E-state index in [0.29, 0.717) is 17.9 Å². The van der Waals surface area contributed by atoms with E-state index in [1.54, 1.807) is 6.07 Å². The van der Waals surface area contributed by atoms with Crippen molar-refractivity contribution in [2.75, 3.05) is 6.54 Å². The molecule has 3 rings (SSSR count). The number of fused-ring (bicyclic) bond motifs is 1. The predicted octanol–water partition coefficient (Wildman–Crippen LogP) is 3.01. The molecule has 3 aromatic rings. The minimum Gasteiger partial charge on any atom is -0.342 e. The zero-order valence-electron chi connectivity index (χ0n) is 14.1. The van der Waals surface area contributed by atoms with Gasteiger partial charge in [0, 0.05) is 6.54 Å². The fourth-order valence-electron chi connectivity index (χ4n) is 2.85. The van der Waals surface area contributed by atoms with Crippen LogP contribution in [0.3, 0.4) is 0 Å². The standard InChI is InChI=1S/C18H21N3O2S/c1-12-4-7-18(13(2)10-12)24(22,23)19-9-8-15-5-6-16-17(11-15)21-14(3)20-16/h4-7,10-11,19H,8-9H2,1-3H3,(H,20,21). The fourth-order valence-corrected chi connectivity index (χ4v) is 4.10. The molecule has 0 saturated carbocycles. The third-order valence-corrected chi connectivity index (χ3v) is 5.61. The minimum atomic E-state index is -3.49. The average molecular weight is 343 g/mol. The van der Waals surface area contributed by atoms with Crippen LogP contribution in [0, 0.1) is 20.8 Å². The quantitative estimate of drug-likeness (QED) is 0.748. The number of nitrogens with one attached hydrogen (secondary N) is 2. The molecule has 0 aliphatic carbocycles. The fraction of sp³-hybridized carbons (Fsp3) is 0.278. The third kappa shape index (κ3) is 3.49.